The SMILES string of the molecule is CC1=NN=C(c2sc3c(Cl)ccc(F)c3c2C)c2cc3oc(=O)[nH]c3cc2C1. The molecule has 0 saturated heterocycles. The fourth-order valence-corrected chi connectivity index (χ4v) is 5.08. The molecule has 1 aliphatic heterocycles. The molecule has 4 aromatic rings. The van der Waals surface area contributed by atoms with Gasteiger partial charge < -0.3 is 4.42 Å². The molecule has 3 heterocycles. The molecule has 0 fully saturated rings. The van der Waals surface area contributed by atoms with Gasteiger partial charge in [0.05, 0.1) is 20.1 Å². The summed E-state index contributed by atoms with van der Waals surface area (Å²) in [6, 6.07) is 6.60. The van der Waals surface area contributed by atoms with Crippen LogP contribution >= 0.6 is 22.9 Å². The standard InChI is InChI=1S/C20H13ClFN3O2S/c1-8-5-10-6-14-15(27-20(26)23-14)7-11(10)17(25-24-8)18-9(2)16-13(22)4-3-12(21)19(16)28-18/h3-4,6-7H,5H2,1-2H3,(H,23,26). The van der Waals surface area contributed by atoms with Gasteiger partial charge in [-0.15, -0.1) is 16.4 Å². The number of nitrogens with one attached hydrogen (secondary N) is 1. The number of aryl methyl sites for hydroxylation is 1. The van der Waals surface area contributed by atoms with Crippen LogP contribution in [0.3, 0.4) is 0 Å². The number of fused-ring (bicyclic) bond motifs is 3. The molecule has 0 bridgehead atoms. The van der Waals surface area contributed by atoms with Crippen LogP contribution in [-0.2, 0) is 6.42 Å². The van der Waals surface area contributed by atoms with Gasteiger partial charge in [0.25, 0.3) is 0 Å². The molecule has 1 N–H and O–H groups in total. The van der Waals surface area contributed by atoms with E-state index in [0.29, 0.717) is 38.3 Å². The molecule has 140 valence electrons. The predicted octanol–water partition coefficient (Wildman–Crippen LogP) is 5.21. The largest absolute Gasteiger partial charge is 0.417 e. The third kappa shape index (κ3) is 2.54. The Morgan fingerprint density at radius 3 is 2.86 bits per heavy atom. The number of halogens is 2. The van der Waals surface area contributed by atoms with Crippen molar-refractivity contribution in [3.63, 3.8) is 0 Å². The number of aromatic nitrogens is 1. The molecule has 5 rings (SSSR count). The van der Waals surface area contributed by atoms with E-state index in [4.69, 9.17) is 16.0 Å². The first-order valence-corrected chi connectivity index (χ1v) is 9.76. The number of nitrogens with zero attached hydrogens (tertiary/aromatic N) is 2. The Hall–Kier alpha value is -2.77. The quantitative estimate of drug-likeness (QED) is 0.465. The van der Waals surface area contributed by atoms with Crippen molar-refractivity contribution >= 4 is 55.5 Å². The van der Waals surface area contributed by atoms with E-state index in [1.807, 2.05) is 19.9 Å². The van der Waals surface area contributed by atoms with Gasteiger partial charge in [0, 0.05) is 23.1 Å². The van der Waals surface area contributed by atoms with E-state index in [2.05, 4.69) is 15.2 Å². The highest BCUT2D eigenvalue weighted by molar-refractivity contribution is 7.22. The number of benzene rings is 2. The van der Waals surface area contributed by atoms with E-state index in [1.54, 1.807) is 12.1 Å². The van der Waals surface area contributed by atoms with Crippen LogP contribution in [0.25, 0.3) is 21.2 Å². The van der Waals surface area contributed by atoms with Crippen LogP contribution in [-0.4, -0.2) is 16.4 Å². The number of hydrogen-bond acceptors (Lipinski definition) is 5. The molecule has 0 aliphatic carbocycles. The predicted molar refractivity (Wildman–Crippen MR) is 111 cm³/mol. The molecular formula is C20H13ClFN3O2S. The second-order valence-corrected chi connectivity index (χ2v) is 8.20. The normalized spacial score (nSPS) is 14.1. The van der Waals surface area contributed by atoms with Gasteiger partial charge in [0.2, 0.25) is 0 Å². The monoisotopic (exact) mass is 413 g/mol. The van der Waals surface area contributed by atoms with Gasteiger partial charge in [-0.1, -0.05) is 11.6 Å². The summed E-state index contributed by atoms with van der Waals surface area (Å²) in [7, 11) is 0. The summed E-state index contributed by atoms with van der Waals surface area (Å²) in [6.07, 6.45) is 0.588. The maximum Gasteiger partial charge on any atom is 0.417 e. The topological polar surface area (TPSA) is 70.7 Å². The van der Waals surface area contributed by atoms with Crippen LogP contribution in [0.1, 0.15) is 28.5 Å². The molecule has 5 nitrogen and oxygen atoms in total. The lowest BCUT2D eigenvalue weighted by molar-refractivity contribution is 0.555. The van der Waals surface area contributed by atoms with E-state index in [9.17, 15) is 9.18 Å². The Balaban J connectivity index is 1.84. The number of H-pyrrole nitrogens is 1. The maximum absolute atomic E-state index is 14.5. The molecule has 2 aromatic carbocycles. The van der Waals surface area contributed by atoms with Crippen molar-refractivity contribution in [2.75, 3.05) is 0 Å². The zero-order chi connectivity index (χ0) is 19.6. The minimum Gasteiger partial charge on any atom is -0.408 e. The lowest BCUT2D eigenvalue weighted by Gasteiger charge is -2.09. The fraction of sp³-hybridized carbons (Fsp3) is 0.150. The summed E-state index contributed by atoms with van der Waals surface area (Å²) in [5, 5.41) is 9.78. The lowest BCUT2D eigenvalue weighted by atomic mass is 9.96. The molecule has 0 radical (unpaired) electrons. The van der Waals surface area contributed by atoms with Crippen LogP contribution < -0.4 is 5.76 Å². The van der Waals surface area contributed by atoms with E-state index >= 15 is 0 Å². The Kier molecular flexibility index (Phi) is 3.79. The smallest absolute Gasteiger partial charge is 0.408 e. The third-order valence-electron chi connectivity index (χ3n) is 4.86. The number of rotatable bonds is 1. The van der Waals surface area contributed by atoms with Gasteiger partial charge in [0.15, 0.2) is 5.58 Å². The van der Waals surface area contributed by atoms with Crippen molar-refractivity contribution in [3.05, 3.63) is 67.2 Å². The van der Waals surface area contributed by atoms with Crippen LogP contribution in [0.5, 0.6) is 0 Å². The lowest BCUT2D eigenvalue weighted by Crippen LogP contribution is -2.06. The second kappa shape index (κ2) is 6.12. The van der Waals surface area contributed by atoms with Crippen molar-refractivity contribution in [3.8, 4) is 0 Å². The van der Waals surface area contributed by atoms with E-state index in [-0.39, 0.29) is 5.82 Å². The summed E-state index contributed by atoms with van der Waals surface area (Å²) < 4.78 is 20.4. The van der Waals surface area contributed by atoms with Crippen molar-refractivity contribution in [1.82, 2.24) is 4.98 Å². The number of aromatic amines is 1. The highest BCUT2D eigenvalue weighted by Gasteiger charge is 2.24. The first kappa shape index (κ1) is 17.3. The van der Waals surface area contributed by atoms with Gasteiger partial charge in [-0.05, 0) is 49.2 Å². The highest BCUT2D eigenvalue weighted by Crippen LogP contribution is 2.39. The van der Waals surface area contributed by atoms with E-state index < -0.39 is 5.76 Å². The van der Waals surface area contributed by atoms with Crippen molar-refractivity contribution in [2.45, 2.75) is 20.3 Å². The molecule has 0 atom stereocenters. The summed E-state index contributed by atoms with van der Waals surface area (Å²) in [4.78, 5) is 15.1. The zero-order valence-corrected chi connectivity index (χ0v) is 16.5. The van der Waals surface area contributed by atoms with Gasteiger partial charge in [-0.25, -0.2) is 9.18 Å². The number of thiophene rings is 1. The Labute approximate surface area is 167 Å². The molecule has 0 amide bonds. The van der Waals surface area contributed by atoms with Gasteiger partial charge >= 0.3 is 5.76 Å². The van der Waals surface area contributed by atoms with Crippen LogP contribution in [0.4, 0.5) is 4.39 Å². The Bertz CT molecular complexity index is 1410. The Morgan fingerprint density at radius 1 is 1.25 bits per heavy atom. The van der Waals surface area contributed by atoms with Gasteiger partial charge in [-0.3, -0.25) is 4.98 Å². The minimum atomic E-state index is -0.508. The van der Waals surface area contributed by atoms with Crippen LogP contribution in [0.15, 0.2) is 43.7 Å². The molecule has 8 heteroatoms. The zero-order valence-electron chi connectivity index (χ0n) is 14.9. The summed E-state index contributed by atoms with van der Waals surface area (Å²) in [6.45, 7) is 3.75. The van der Waals surface area contributed by atoms with Crippen molar-refractivity contribution in [1.29, 1.82) is 0 Å². The minimum absolute atomic E-state index is 0.319. The first-order chi connectivity index (χ1) is 13.4. The molecule has 0 saturated carbocycles. The van der Waals surface area contributed by atoms with E-state index in [1.165, 1.54) is 17.4 Å². The molecule has 28 heavy (non-hydrogen) atoms. The number of hydrogen-bond donors (Lipinski definition) is 1. The van der Waals surface area contributed by atoms with Crippen molar-refractivity contribution in [2.24, 2.45) is 10.2 Å². The van der Waals surface area contributed by atoms with Crippen molar-refractivity contribution < 1.29 is 8.81 Å². The van der Waals surface area contributed by atoms with Crippen LogP contribution in [0, 0.1) is 12.7 Å². The second-order valence-electron chi connectivity index (χ2n) is 6.77. The molecular weight excluding hydrogens is 401 g/mol. The highest BCUT2D eigenvalue weighted by atomic mass is 35.5. The molecule has 0 unspecified atom stereocenters. The number of oxazole rings is 1. The first-order valence-electron chi connectivity index (χ1n) is 8.57. The summed E-state index contributed by atoms with van der Waals surface area (Å²) >= 11 is 7.70. The van der Waals surface area contributed by atoms with E-state index in [0.717, 1.165) is 27.3 Å². The summed E-state index contributed by atoms with van der Waals surface area (Å²) in [5.74, 6) is -0.827. The molecule has 2 aromatic heterocycles. The average Bonchev–Trinajstić information content (AvgIpc) is 3.13. The van der Waals surface area contributed by atoms with Gasteiger partial charge in [0.1, 0.15) is 11.5 Å². The average molecular weight is 414 g/mol. The fourth-order valence-electron chi connectivity index (χ4n) is 3.58. The third-order valence-corrected chi connectivity index (χ3v) is 6.62. The van der Waals surface area contributed by atoms with Gasteiger partial charge in [-0.2, -0.15) is 5.10 Å². The Morgan fingerprint density at radius 2 is 2.07 bits per heavy atom. The van der Waals surface area contributed by atoms with Crippen LogP contribution in [0.2, 0.25) is 5.02 Å². The summed E-state index contributed by atoms with van der Waals surface area (Å²) in [5.41, 5.74) is 5.05. The molecule has 0 spiro atoms. The maximum atomic E-state index is 14.5. The molecule has 1 aliphatic rings.